The number of quaternary nitrogens is 1. The van der Waals surface area contributed by atoms with Crippen molar-refractivity contribution >= 4 is 23.1 Å². The molecule has 1 unspecified atom stereocenters. The number of fused-ring (bicyclic) bond motifs is 9. The predicted molar refractivity (Wildman–Crippen MR) is 139 cm³/mol. The fourth-order valence-electron chi connectivity index (χ4n) is 7.92. The number of nitrogens with two attached hydrogens (primary N) is 2. The largest absolute Gasteiger partial charge is 0.398 e. The highest BCUT2D eigenvalue weighted by molar-refractivity contribution is 6.02. The molecular weight excluding hydrogens is 422 g/mol. The molecule has 2 aromatic rings. The number of nitrogens with zero attached hydrogens (tertiary/aromatic N) is 1. The Bertz CT molecular complexity index is 1200. The van der Waals surface area contributed by atoms with Crippen LogP contribution >= 0.6 is 0 Å². The van der Waals surface area contributed by atoms with Crippen molar-refractivity contribution in [3.8, 4) is 0 Å². The van der Waals surface area contributed by atoms with Gasteiger partial charge in [0.2, 0.25) is 0 Å². The average Bonchev–Trinajstić information content (AvgIpc) is 3.54. The first-order chi connectivity index (χ1) is 16.2. The van der Waals surface area contributed by atoms with Gasteiger partial charge in [-0.3, -0.25) is 14.7 Å². The van der Waals surface area contributed by atoms with Crippen LogP contribution in [-0.4, -0.2) is 25.8 Å². The van der Waals surface area contributed by atoms with E-state index in [0.29, 0.717) is 46.0 Å². The van der Waals surface area contributed by atoms with Gasteiger partial charge in [0.15, 0.2) is 0 Å². The van der Waals surface area contributed by atoms with Crippen LogP contribution in [0.2, 0.25) is 0 Å². The highest BCUT2D eigenvalue weighted by Crippen LogP contribution is 2.69. The summed E-state index contributed by atoms with van der Waals surface area (Å²) in [6.45, 7) is 7.02. The van der Waals surface area contributed by atoms with Gasteiger partial charge in [0.25, 0.3) is 5.91 Å². The van der Waals surface area contributed by atoms with E-state index in [2.05, 4.69) is 44.5 Å². The number of amidine groups is 1. The summed E-state index contributed by atoms with van der Waals surface area (Å²) in [5.74, 6) is 2.18. The molecule has 2 aromatic carbocycles. The molecule has 34 heavy (non-hydrogen) atoms. The van der Waals surface area contributed by atoms with Gasteiger partial charge in [0, 0.05) is 40.8 Å². The van der Waals surface area contributed by atoms with Crippen molar-refractivity contribution in [1.29, 1.82) is 5.41 Å². The number of hydrogen-bond acceptors (Lipinski definition) is 3. The molecule has 6 N–H and O–H groups in total. The van der Waals surface area contributed by atoms with E-state index in [1.807, 2.05) is 26.0 Å². The van der Waals surface area contributed by atoms with Crippen molar-refractivity contribution in [3.05, 3.63) is 58.1 Å². The van der Waals surface area contributed by atoms with Crippen LogP contribution in [0.5, 0.6) is 0 Å². The van der Waals surface area contributed by atoms with Crippen LogP contribution in [0.25, 0.3) is 0 Å². The fraction of sp³-hybridized carbons (Fsp3) is 0.500. The topological polar surface area (TPSA) is 105 Å². The zero-order valence-corrected chi connectivity index (χ0v) is 21.0. The Hall–Kier alpha value is -2.86. The molecule has 180 valence electrons. The second-order valence-corrected chi connectivity index (χ2v) is 10.9. The Morgan fingerprint density at radius 2 is 1.85 bits per heavy atom. The van der Waals surface area contributed by atoms with E-state index in [4.69, 9.17) is 16.9 Å². The molecule has 0 spiro atoms. The number of rotatable bonds is 2. The van der Waals surface area contributed by atoms with E-state index < -0.39 is 0 Å². The molecule has 2 heterocycles. The molecule has 2 saturated carbocycles. The summed E-state index contributed by atoms with van der Waals surface area (Å²) in [5, 5.41) is 11.1. The number of benzene rings is 2. The third-order valence-corrected chi connectivity index (χ3v) is 9.57. The minimum absolute atomic E-state index is 0.00782. The lowest BCUT2D eigenvalue weighted by molar-refractivity contribution is 0.0309. The van der Waals surface area contributed by atoms with Gasteiger partial charge in [-0.25, -0.2) is 0 Å². The van der Waals surface area contributed by atoms with E-state index >= 15 is 0 Å². The van der Waals surface area contributed by atoms with Gasteiger partial charge < -0.3 is 16.8 Å². The first-order valence-corrected chi connectivity index (χ1v) is 12.7. The number of nitrogen functional groups attached to an aromatic ring is 2. The summed E-state index contributed by atoms with van der Waals surface area (Å²) < 4.78 is 0.661. The molecule has 4 aliphatic rings. The van der Waals surface area contributed by atoms with Crippen molar-refractivity contribution in [2.45, 2.75) is 58.0 Å². The van der Waals surface area contributed by atoms with E-state index in [-0.39, 0.29) is 17.3 Å². The molecule has 0 saturated heterocycles. The van der Waals surface area contributed by atoms with Gasteiger partial charge in [-0.05, 0) is 61.8 Å². The van der Waals surface area contributed by atoms with Crippen molar-refractivity contribution in [2.75, 3.05) is 19.8 Å². The Morgan fingerprint density at radius 3 is 2.56 bits per heavy atom. The maximum absolute atomic E-state index is 13.0. The van der Waals surface area contributed by atoms with Crippen LogP contribution < -0.4 is 21.3 Å². The quantitative estimate of drug-likeness (QED) is 0.230. The lowest BCUT2D eigenvalue weighted by Gasteiger charge is -2.58. The van der Waals surface area contributed by atoms with Gasteiger partial charge >= 0.3 is 0 Å². The summed E-state index contributed by atoms with van der Waals surface area (Å²) >= 11 is 0. The molecule has 5 atom stereocenters. The van der Waals surface area contributed by atoms with Crippen LogP contribution in [-0.2, 0) is 12.1 Å². The minimum atomic E-state index is -0.223. The molecule has 2 aliphatic heterocycles. The van der Waals surface area contributed by atoms with Crippen LogP contribution in [0.1, 0.15) is 78.6 Å². The summed E-state index contributed by atoms with van der Waals surface area (Å²) in [5.41, 5.74) is 18.8. The highest BCUT2D eigenvalue weighted by Gasteiger charge is 2.66. The van der Waals surface area contributed by atoms with E-state index in [1.165, 1.54) is 36.1 Å². The SMILES string of the molecule is CC.CC1(c2ccc(N)c(C(=N)N)c2)[C@@H]2[C@@H]3CC[C@H](C3)[C@@H]2c2c(ccc3c2C(=O)NC3)[N+]1(C)C. The van der Waals surface area contributed by atoms with Crippen molar-refractivity contribution < 1.29 is 4.79 Å². The van der Waals surface area contributed by atoms with Gasteiger partial charge in [-0.15, -0.1) is 0 Å². The average molecular weight is 461 g/mol. The maximum atomic E-state index is 13.0. The fourth-order valence-corrected chi connectivity index (χ4v) is 7.92. The Morgan fingerprint density at radius 1 is 1.15 bits per heavy atom. The van der Waals surface area contributed by atoms with Crippen molar-refractivity contribution in [3.63, 3.8) is 0 Å². The van der Waals surface area contributed by atoms with Crippen molar-refractivity contribution in [1.82, 2.24) is 9.80 Å². The molecular formula is C28H38N5O+. The van der Waals surface area contributed by atoms with Gasteiger partial charge in [0.05, 0.1) is 19.7 Å². The first kappa shape index (κ1) is 22.9. The number of anilines is 1. The minimum Gasteiger partial charge on any atom is -0.398 e. The summed E-state index contributed by atoms with van der Waals surface area (Å²) in [6, 6.07) is 10.5. The molecule has 2 fully saturated rings. The van der Waals surface area contributed by atoms with Gasteiger partial charge in [-0.1, -0.05) is 26.0 Å². The van der Waals surface area contributed by atoms with Crippen LogP contribution in [0.3, 0.4) is 0 Å². The monoisotopic (exact) mass is 460 g/mol. The second kappa shape index (κ2) is 7.57. The third kappa shape index (κ3) is 2.72. The standard InChI is InChI=1S/C26H31N5O.C2H6/c1-26(16-7-8-18(27)17(11-16)24(28)29)23-14-5-4-13(10-14)20(23)22-19(31(26,2)3)9-6-15-12-30-25(32)21(15)22;1-2/h6-9,11,13-14,20,23H,4-5,10,12H2,1-3H3,(H5-,27,28,29,30,32);1-2H3/p+1/t13-,14-,20-,23-,26?;/m1./s1. The van der Waals surface area contributed by atoms with Gasteiger partial charge in [-0.2, -0.15) is 0 Å². The summed E-state index contributed by atoms with van der Waals surface area (Å²) in [7, 11) is 4.56. The second-order valence-electron chi connectivity index (χ2n) is 10.9. The molecule has 1 amide bonds. The lowest BCUT2D eigenvalue weighted by atomic mass is 9.59. The molecule has 0 aromatic heterocycles. The highest BCUT2D eigenvalue weighted by atomic mass is 16.1. The molecule has 2 bridgehead atoms. The Balaban J connectivity index is 0.00000117. The molecule has 0 radical (unpaired) electrons. The summed E-state index contributed by atoms with van der Waals surface area (Å²) in [6.07, 6.45) is 3.75. The lowest BCUT2D eigenvalue weighted by Crippen LogP contribution is -2.65. The maximum Gasteiger partial charge on any atom is 0.252 e. The molecule has 2 aliphatic carbocycles. The smallest absolute Gasteiger partial charge is 0.252 e. The van der Waals surface area contributed by atoms with E-state index in [9.17, 15) is 4.79 Å². The number of nitrogens with one attached hydrogen (secondary N) is 2. The zero-order chi connectivity index (χ0) is 24.6. The van der Waals surface area contributed by atoms with Crippen molar-refractivity contribution in [2.24, 2.45) is 23.5 Å². The van der Waals surface area contributed by atoms with Crippen LogP contribution in [0, 0.1) is 23.2 Å². The predicted octanol–water partition coefficient (Wildman–Crippen LogP) is 4.45. The van der Waals surface area contributed by atoms with E-state index in [1.54, 1.807) is 0 Å². The molecule has 6 nitrogen and oxygen atoms in total. The molecule has 6 heteroatoms. The molecule has 6 rings (SSSR count). The van der Waals surface area contributed by atoms with Gasteiger partial charge in [0.1, 0.15) is 17.1 Å². The number of carbonyl (C=O) groups excluding carboxylic acids is 1. The normalized spacial score (nSPS) is 31.6. The first-order valence-electron chi connectivity index (χ1n) is 12.7. The third-order valence-electron chi connectivity index (χ3n) is 9.57. The number of hydrogen-bond donors (Lipinski definition) is 4. The van der Waals surface area contributed by atoms with Crippen LogP contribution in [0.4, 0.5) is 11.4 Å². The Labute approximate surface area is 202 Å². The summed E-state index contributed by atoms with van der Waals surface area (Å²) in [4.78, 5) is 13.0. The van der Waals surface area contributed by atoms with E-state index in [0.717, 1.165) is 11.1 Å². The zero-order valence-electron chi connectivity index (χ0n) is 21.0. The van der Waals surface area contributed by atoms with Crippen LogP contribution in [0.15, 0.2) is 30.3 Å². The Kier molecular flexibility index (Phi) is 5.10. The number of carbonyl (C=O) groups is 1. The number of amides is 1.